The van der Waals surface area contributed by atoms with Gasteiger partial charge in [-0.05, 0) is 49.2 Å². The number of carbonyl (C=O) groups excluding carboxylic acids is 2. The van der Waals surface area contributed by atoms with Gasteiger partial charge in [0.25, 0.3) is 0 Å². The van der Waals surface area contributed by atoms with Crippen LogP contribution in [0.3, 0.4) is 0 Å². The van der Waals surface area contributed by atoms with Crippen molar-refractivity contribution in [2.24, 2.45) is 0 Å². The molecule has 0 unspecified atom stereocenters. The van der Waals surface area contributed by atoms with Crippen LogP contribution in [0.1, 0.15) is 38.4 Å². The second-order valence-electron chi connectivity index (χ2n) is 7.24. The molecule has 0 spiro atoms. The molecule has 178 valence electrons. The van der Waals surface area contributed by atoms with E-state index < -0.39 is 5.97 Å². The standard InChI is InChI=1S/C26H28N2O5S/c1-4-15-32-23-13-11-20(16-24(23)31-5-2)12-14-25(30)33-17-21-18-34-26(27-21)28(19(3)29)22-9-7-6-8-10-22/h6-14,16,18H,4-5,15,17H2,1-3H3/b14-12+. The van der Waals surface area contributed by atoms with E-state index in [2.05, 4.69) is 4.98 Å². The maximum Gasteiger partial charge on any atom is 0.331 e. The largest absolute Gasteiger partial charge is 0.490 e. The van der Waals surface area contributed by atoms with E-state index in [1.165, 1.54) is 29.2 Å². The highest BCUT2D eigenvalue weighted by Gasteiger charge is 2.18. The third-order valence-corrected chi connectivity index (χ3v) is 5.44. The Labute approximate surface area is 203 Å². The van der Waals surface area contributed by atoms with Crippen molar-refractivity contribution in [1.29, 1.82) is 0 Å². The number of ether oxygens (including phenoxy) is 3. The monoisotopic (exact) mass is 480 g/mol. The zero-order chi connectivity index (χ0) is 24.3. The van der Waals surface area contributed by atoms with Crippen molar-refractivity contribution in [3.63, 3.8) is 0 Å². The van der Waals surface area contributed by atoms with Crippen molar-refractivity contribution < 1.29 is 23.8 Å². The summed E-state index contributed by atoms with van der Waals surface area (Å²) in [6.07, 6.45) is 3.92. The van der Waals surface area contributed by atoms with Gasteiger partial charge in [-0.3, -0.25) is 9.69 Å². The van der Waals surface area contributed by atoms with Crippen molar-refractivity contribution in [3.8, 4) is 11.5 Å². The summed E-state index contributed by atoms with van der Waals surface area (Å²) in [7, 11) is 0. The van der Waals surface area contributed by atoms with Crippen LogP contribution >= 0.6 is 11.3 Å². The minimum atomic E-state index is -0.495. The topological polar surface area (TPSA) is 78.0 Å². The lowest BCUT2D eigenvalue weighted by Crippen LogP contribution is -2.22. The SMILES string of the molecule is CCCOc1ccc(/C=C/C(=O)OCc2csc(N(C(C)=O)c3ccccc3)n2)cc1OCC. The molecule has 0 N–H and O–H groups in total. The minimum absolute atomic E-state index is 0.00813. The lowest BCUT2D eigenvalue weighted by Gasteiger charge is -2.17. The van der Waals surface area contributed by atoms with Crippen LogP contribution in [-0.4, -0.2) is 30.1 Å². The third kappa shape index (κ3) is 6.92. The molecule has 8 heteroatoms. The number of nitrogens with zero attached hydrogens (tertiary/aromatic N) is 2. The quantitative estimate of drug-likeness (QED) is 0.256. The Morgan fingerprint density at radius 3 is 2.56 bits per heavy atom. The van der Waals surface area contributed by atoms with Crippen LogP contribution in [0.15, 0.2) is 60.0 Å². The van der Waals surface area contributed by atoms with E-state index in [0.29, 0.717) is 35.5 Å². The Bertz CT molecular complexity index is 1130. The number of carbonyl (C=O) groups is 2. The lowest BCUT2D eigenvalue weighted by molar-refractivity contribution is -0.139. The van der Waals surface area contributed by atoms with Crippen molar-refractivity contribution in [2.75, 3.05) is 18.1 Å². The first kappa shape index (κ1) is 25.0. The van der Waals surface area contributed by atoms with Gasteiger partial charge in [-0.25, -0.2) is 9.78 Å². The number of anilines is 2. The van der Waals surface area contributed by atoms with Crippen LogP contribution in [0, 0.1) is 0 Å². The molecule has 1 amide bonds. The zero-order valence-corrected chi connectivity index (χ0v) is 20.3. The van der Waals surface area contributed by atoms with E-state index in [9.17, 15) is 9.59 Å². The summed E-state index contributed by atoms with van der Waals surface area (Å²) in [5.74, 6) is 0.669. The van der Waals surface area contributed by atoms with Gasteiger partial charge in [0.1, 0.15) is 6.61 Å². The first-order chi connectivity index (χ1) is 16.5. The van der Waals surface area contributed by atoms with E-state index in [4.69, 9.17) is 14.2 Å². The maximum absolute atomic E-state index is 12.2. The van der Waals surface area contributed by atoms with E-state index in [0.717, 1.165) is 17.7 Å². The summed E-state index contributed by atoms with van der Waals surface area (Å²) in [5.41, 5.74) is 2.09. The van der Waals surface area contributed by atoms with Gasteiger partial charge in [0.2, 0.25) is 5.91 Å². The highest BCUT2D eigenvalue weighted by molar-refractivity contribution is 7.14. The summed E-state index contributed by atoms with van der Waals surface area (Å²) < 4.78 is 16.7. The molecule has 0 aliphatic heterocycles. The molecule has 0 fully saturated rings. The van der Waals surface area contributed by atoms with Crippen LogP contribution in [0.4, 0.5) is 10.8 Å². The Hall–Kier alpha value is -3.65. The van der Waals surface area contributed by atoms with Gasteiger partial charge in [0, 0.05) is 18.4 Å². The molecule has 0 aliphatic rings. The fraction of sp³-hybridized carbons (Fsp3) is 0.269. The highest BCUT2D eigenvalue weighted by Crippen LogP contribution is 2.30. The fourth-order valence-electron chi connectivity index (χ4n) is 3.05. The van der Waals surface area contributed by atoms with Crippen LogP contribution in [0.5, 0.6) is 11.5 Å². The summed E-state index contributed by atoms with van der Waals surface area (Å²) in [6.45, 7) is 6.56. The molecule has 2 aromatic carbocycles. The third-order valence-electron chi connectivity index (χ3n) is 4.56. The number of benzene rings is 2. The number of para-hydroxylation sites is 1. The number of esters is 1. The molecule has 0 saturated carbocycles. The molecule has 1 heterocycles. The number of rotatable bonds is 11. The first-order valence-electron chi connectivity index (χ1n) is 11.1. The lowest BCUT2D eigenvalue weighted by atomic mass is 10.2. The molecule has 0 radical (unpaired) electrons. The van der Waals surface area contributed by atoms with Crippen LogP contribution in [0.2, 0.25) is 0 Å². The Balaban J connectivity index is 1.61. The van der Waals surface area contributed by atoms with E-state index in [1.807, 2.05) is 62.4 Å². The zero-order valence-electron chi connectivity index (χ0n) is 19.5. The molecule has 0 aliphatic carbocycles. The molecule has 34 heavy (non-hydrogen) atoms. The molecule has 1 aromatic heterocycles. The maximum atomic E-state index is 12.2. The number of hydrogen-bond acceptors (Lipinski definition) is 7. The number of thiazole rings is 1. The van der Waals surface area contributed by atoms with Crippen molar-refractivity contribution in [3.05, 3.63) is 71.2 Å². The molecule has 0 saturated heterocycles. The second-order valence-corrected chi connectivity index (χ2v) is 8.08. The number of hydrogen-bond donors (Lipinski definition) is 0. The van der Waals surface area contributed by atoms with Gasteiger partial charge in [-0.15, -0.1) is 11.3 Å². The molecule has 7 nitrogen and oxygen atoms in total. The van der Waals surface area contributed by atoms with Crippen LogP contribution in [0.25, 0.3) is 6.08 Å². The molecular weight excluding hydrogens is 452 g/mol. The molecule has 3 rings (SSSR count). The fourth-order valence-corrected chi connectivity index (χ4v) is 3.93. The van der Waals surface area contributed by atoms with Crippen molar-refractivity contribution in [2.45, 2.75) is 33.8 Å². The summed E-state index contributed by atoms with van der Waals surface area (Å²) in [5, 5.41) is 2.29. The van der Waals surface area contributed by atoms with Gasteiger partial charge < -0.3 is 14.2 Å². The average molecular weight is 481 g/mol. The Kier molecular flexibility index (Phi) is 9.22. The predicted octanol–water partition coefficient (Wildman–Crippen LogP) is 5.77. The average Bonchev–Trinajstić information content (AvgIpc) is 3.30. The van der Waals surface area contributed by atoms with Crippen LogP contribution < -0.4 is 14.4 Å². The van der Waals surface area contributed by atoms with Gasteiger partial charge in [0.15, 0.2) is 16.6 Å². The van der Waals surface area contributed by atoms with E-state index in [-0.39, 0.29) is 12.5 Å². The molecule has 0 bridgehead atoms. The second kappa shape index (κ2) is 12.6. The van der Waals surface area contributed by atoms with Crippen molar-refractivity contribution >= 4 is 40.1 Å². The minimum Gasteiger partial charge on any atom is -0.490 e. The Morgan fingerprint density at radius 2 is 1.85 bits per heavy atom. The first-order valence-corrected chi connectivity index (χ1v) is 11.9. The highest BCUT2D eigenvalue weighted by atomic mass is 32.1. The number of amides is 1. The van der Waals surface area contributed by atoms with Gasteiger partial charge in [-0.1, -0.05) is 31.2 Å². The number of aromatic nitrogens is 1. The van der Waals surface area contributed by atoms with Gasteiger partial charge in [-0.2, -0.15) is 0 Å². The van der Waals surface area contributed by atoms with E-state index >= 15 is 0 Å². The van der Waals surface area contributed by atoms with Gasteiger partial charge >= 0.3 is 5.97 Å². The predicted molar refractivity (Wildman–Crippen MR) is 134 cm³/mol. The summed E-state index contributed by atoms with van der Waals surface area (Å²) in [4.78, 5) is 30.4. The van der Waals surface area contributed by atoms with E-state index in [1.54, 1.807) is 11.5 Å². The normalized spacial score (nSPS) is 10.8. The molecule has 0 atom stereocenters. The molecular formula is C26H28N2O5S. The summed E-state index contributed by atoms with van der Waals surface area (Å²) in [6, 6.07) is 14.8. The van der Waals surface area contributed by atoms with Crippen LogP contribution in [-0.2, 0) is 20.9 Å². The van der Waals surface area contributed by atoms with Gasteiger partial charge in [0.05, 0.1) is 24.6 Å². The van der Waals surface area contributed by atoms with Crippen molar-refractivity contribution in [1.82, 2.24) is 4.98 Å². The summed E-state index contributed by atoms with van der Waals surface area (Å²) >= 11 is 1.31. The smallest absolute Gasteiger partial charge is 0.331 e. The molecule has 3 aromatic rings. The Morgan fingerprint density at radius 1 is 1.06 bits per heavy atom.